The van der Waals surface area contributed by atoms with Crippen molar-refractivity contribution in [3.05, 3.63) is 59.7 Å². The van der Waals surface area contributed by atoms with Crippen LogP contribution in [0.25, 0.3) is 0 Å². The second-order valence-electron chi connectivity index (χ2n) is 6.17. The van der Waals surface area contributed by atoms with Crippen molar-refractivity contribution in [3.8, 4) is 5.75 Å². The van der Waals surface area contributed by atoms with Gasteiger partial charge in [0, 0.05) is 0 Å². The molecule has 0 aliphatic heterocycles. The molecule has 2 aromatic rings. The highest BCUT2D eigenvalue weighted by molar-refractivity contribution is 5.86. The van der Waals surface area contributed by atoms with Crippen molar-refractivity contribution >= 4 is 11.8 Å². The number of anilines is 1. The van der Waals surface area contributed by atoms with Crippen LogP contribution in [0.4, 0.5) is 10.5 Å². The molecule has 0 aliphatic rings. The van der Waals surface area contributed by atoms with E-state index in [-0.39, 0.29) is 17.8 Å². The molecule has 0 atom stereocenters. The van der Waals surface area contributed by atoms with Gasteiger partial charge in [-0.1, -0.05) is 57.2 Å². The van der Waals surface area contributed by atoms with Crippen LogP contribution < -0.4 is 5.32 Å². The molecule has 0 unspecified atom stereocenters. The highest BCUT2D eigenvalue weighted by Crippen LogP contribution is 2.30. The summed E-state index contributed by atoms with van der Waals surface area (Å²) in [4.78, 5) is 11.9. The molecule has 4 nitrogen and oxygen atoms in total. The van der Waals surface area contributed by atoms with Crippen molar-refractivity contribution in [2.75, 3.05) is 5.32 Å². The number of ether oxygens (including phenoxy) is 1. The van der Waals surface area contributed by atoms with E-state index < -0.39 is 6.09 Å². The van der Waals surface area contributed by atoms with Crippen LogP contribution in [0.2, 0.25) is 0 Å². The standard InChI is InChI=1S/C18H21NO3/c1-18(2,3)14-9-10-16(20)15(11-14)19-17(21)22-12-13-7-5-4-6-8-13/h4-11,20H,12H2,1-3H3,(H,19,21). The van der Waals surface area contributed by atoms with Gasteiger partial charge in [0.2, 0.25) is 0 Å². The molecular formula is C18H21NO3. The van der Waals surface area contributed by atoms with E-state index in [0.717, 1.165) is 11.1 Å². The first-order valence-electron chi connectivity index (χ1n) is 7.17. The number of amides is 1. The van der Waals surface area contributed by atoms with Crippen LogP contribution >= 0.6 is 0 Å². The van der Waals surface area contributed by atoms with Crippen LogP contribution in [0.1, 0.15) is 31.9 Å². The quantitative estimate of drug-likeness (QED) is 0.824. The number of aromatic hydroxyl groups is 1. The predicted octanol–water partition coefficient (Wildman–Crippen LogP) is 4.44. The molecule has 0 heterocycles. The Morgan fingerprint density at radius 3 is 2.45 bits per heavy atom. The summed E-state index contributed by atoms with van der Waals surface area (Å²) in [5, 5.41) is 12.4. The minimum absolute atomic E-state index is 0.0182. The van der Waals surface area contributed by atoms with Crippen molar-refractivity contribution in [2.24, 2.45) is 0 Å². The zero-order chi connectivity index (χ0) is 16.2. The van der Waals surface area contributed by atoms with E-state index in [0.29, 0.717) is 5.69 Å². The molecule has 22 heavy (non-hydrogen) atoms. The van der Waals surface area contributed by atoms with E-state index in [1.165, 1.54) is 0 Å². The second kappa shape index (κ2) is 6.52. The summed E-state index contributed by atoms with van der Waals surface area (Å²) in [7, 11) is 0. The van der Waals surface area contributed by atoms with Gasteiger partial charge in [0.1, 0.15) is 12.4 Å². The Labute approximate surface area is 130 Å². The number of phenols is 1. The summed E-state index contributed by atoms with van der Waals surface area (Å²) in [6.45, 7) is 6.39. The summed E-state index contributed by atoms with van der Waals surface area (Å²) in [5.41, 5.74) is 2.21. The molecule has 2 aromatic carbocycles. The van der Waals surface area contributed by atoms with Gasteiger partial charge in [-0.15, -0.1) is 0 Å². The number of hydrogen-bond donors (Lipinski definition) is 2. The van der Waals surface area contributed by atoms with Crippen molar-refractivity contribution < 1.29 is 14.6 Å². The predicted molar refractivity (Wildman–Crippen MR) is 87.1 cm³/mol. The number of phenolic OH excluding ortho intramolecular Hbond substituents is 1. The zero-order valence-corrected chi connectivity index (χ0v) is 13.1. The van der Waals surface area contributed by atoms with Gasteiger partial charge in [-0.3, -0.25) is 5.32 Å². The van der Waals surface area contributed by atoms with Crippen LogP contribution in [-0.2, 0) is 16.8 Å². The number of nitrogens with one attached hydrogen (secondary N) is 1. The Balaban J connectivity index is 2.02. The Bertz CT molecular complexity index is 645. The number of benzene rings is 2. The highest BCUT2D eigenvalue weighted by Gasteiger charge is 2.16. The fraction of sp³-hybridized carbons (Fsp3) is 0.278. The molecular weight excluding hydrogens is 278 g/mol. The Morgan fingerprint density at radius 2 is 1.82 bits per heavy atom. The number of carbonyl (C=O) groups is 1. The fourth-order valence-corrected chi connectivity index (χ4v) is 1.97. The molecule has 2 rings (SSSR count). The summed E-state index contributed by atoms with van der Waals surface area (Å²) >= 11 is 0. The summed E-state index contributed by atoms with van der Waals surface area (Å²) in [6, 6.07) is 14.6. The SMILES string of the molecule is CC(C)(C)c1ccc(O)c(NC(=O)OCc2ccccc2)c1. The maximum absolute atomic E-state index is 11.9. The van der Waals surface area contributed by atoms with Gasteiger partial charge in [-0.05, 0) is 28.7 Å². The zero-order valence-electron chi connectivity index (χ0n) is 13.1. The minimum atomic E-state index is -0.592. The molecule has 0 fully saturated rings. The molecule has 1 amide bonds. The van der Waals surface area contributed by atoms with Crippen molar-refractivity contribution in [2.45, 2.75) is 32.8 Å². The van der Waals surface area contributed by atoms with Crippen LogP contribution in [0, 0.1) is 0 Å². The first-order chi connectivity index (χ1) is 10.4. The van der Waals surface area contributed by atoms with Gasteiger partial charge >= 0.3 is 6.09 Å². The van der Waals surface area contributed by atoms with Gasteiger partial charge in [0.05, 0.1) is 5.69 Å². The fourth-order valence-electron chi connectivity index (χ4n) is 1.97. The van der Waals surface area contributed by atoms with E-state index >= 15 is 0 Å². The van der Waals surface area contributed by atoms with Crippen LogP contribution in [0.15, 0.2) is 48.5 Å². The Hall–Kier alpha value is -2.49. The molecule has 0 saturated carbocycles. The maximum Gasteiger partial charge on any atom is 0.412 e. The topological polar surface area (TPSA) is 58.6 Å². The molecule has 2 N–H and O–H groups in total. The third kappa shape index (κ3) is 4.25. The van der Waals surface area contributed by atoms with Crippen LogP contribution in [-0.4, -0.2) is 11.2 Å². The van der Waals surface area contributed by atoms with E-state index in [4.69, 9.17) is 4.74 Å². The van der Waals surface area contributed by atoms with E-state index in [1.807, 2.05) is 36.4 Å². The highest BCUT2D eigenvalue weighted by atomic mass is 16.5. The third-order valence-corrected chi connectivity index (χ3v) is 3.31. The molecule has 116 valence electrons. The smallest absolute Gasteiger partial charge is 0.412 e. The van der Waals surface area contributed by atoms with Crippen LogP contribution in [0.5, 0.6) is 5.75 Å². The third-order valence-electron chi connectivity index (χ3n) is 3.31. The molecule has 0 spiro atoms. The average molecular weight is 299 g/mol. The molecule has 0 aliphatic carbocycles. The van der Waals surface area contributed by atoms with Crippen molar-refractivity contribution in [3.63, 3.8) is 0 Å². The van der Waals surface area contributed by atoms with E-state index in [1.54, 1.807) is 12.1 Å². The molecule has 4 heteroatoms. The number of hydrogen-bond acceptors (Lipinski definition) is 3. The van der Waals surface area contributed by atoms with Gasteiger partial charge in [-0.2, -0.15) is 0 Å². The maximum atomic E-state index is 11.9. The molecule has 0 aromatic heterocycles. The number of carbonyl (C=O) groups excluding carboxylic acids is 1. The monoisotopic (exact) mass is 299 g/mol. The van der Waals surface area contributed by atoms with Gasteiger partial charge in [0.25, 0.3) is 0 Å². The summed E-state index contributed by atoms with van der Waals surface area (Å²) in [6.07, 6.45) is -0.592. The van der Waals surface area contributed by atoms with Gasteiger partial charge < -0.3 is 9.84 Å². The summed E-state index contributed by atoms with van der Waals surface area (Å²) in [5.74, 6) is 0.0182. The van der Waals surface area contributed by atoms with Gasteiger partial charge in [0.15, 0.2) is 0 Å². The lowest BCUT2D eigenvalue weighted by Crippen LogP contribution is -2.15. The van der Waals surface area contributed by atoms with Gasteiger partial charge in [-0.25, -0.2) is 4.79 Å². The van der Waals surface area contributed by atoms with E-state index in [2.05, 4.69) is 26.1 Å². The van der Waals surface area contributed by atoms with Crippen molar-refractivity contribution in [1.29, 1.82) is 0 Å². The van der Waals surface area contributed by atoms with Crippen LogP contribution in [0.3, 0.4) is 0 Å². The first-order valence-corrected chi connectivity index (χ1v) is 7.17. The Morgan fingerprint density at radius 1 is 1.14 bits per heavy atom. The lowest BCUT2D eigenvalue weighted by atomic mass is 9.87. The minimum Gasteiger partial charge on any atom is -0.506 e. The molecule has 0 radical (unpaired) electrons. The second-order valence-corrected chi connectivity index (χ2v) is 6.17. The first kappa shape index (κ1) is 15.9. The average Bonchev–Trinajstić information content (AvgIpc) is 2.47. The number of rotatable bonds is 3. The lowest BCUT2D eigenvalue weighted by molar-refractivity contribution is 0.155. The largest absolute Gasteiger partial charge is 0.506 e. The Kier molecular flexibility index (Phi) is 4.71. The molecule has 0 bridgehead atoms. The summed E-state index contributed by atoms with van der Waals surface area (Å²) < 4.78 is 5.15. The van der Waals surface area contributed by atoms with E-state index in [9.17, 15) is 9.90 Å². The van der Waals surface area contributed by atoms with Crippen molar-refractivity contribution in [1.82, 2.24) is 0 Å². The lowest BCUT2D eigenvalue weighted by Gasteiger charge is -2.20. The molecule has 0 saturated heterocycles. The normalized spacial score (nSPS) is 11.0.